The highest BCUT2D eigenvalue weighted by Gasteiger charge is 2.33. The highest BCUT2D eigenvalue weighted by atomic mass is 16.5. The third-order valence-electron chi connectivity index (χ3n) is 4.23. The lowest BCUT2D eigenvalue weighted by molar-refractivity contribution is 0.0403. The van der Waals surface area contributed by atoms with Gasteiger partial charge in [0.25, 0.3) is 0 Å². The fraction of sp³-hybridized carbons (Fsp3) is 0.625. The van der Waals surface area contributed by atoms with Gasteiger partial charge in [-0.1, -0.05) is 27.2 Å². The maximum atomic E-state index is 11.2. The zero-order chi connectivity index (χ0) is 14.7. The second kappa shape index (κ2) is 6.25. The van der Waals surface area contributed by atoms with Gasteiger partial charge < -0.3 is 9.84 Å². The van der Waals surface area contributed by atoms with Gasteiger partial charge in [0.05, 0.1) is 0 Å². The Labute approximate surface area is 120 Å². The van der Waals surface area contributed by atoms with Gasteiger partial charge in [0.1, 0.15) is 11.7 Å². The maximum absolute atomic E-state index is 11.2. The Balaban J connectivity index is 2.20. The molecule has 4 heteroatoms. The summed E-state index contributed by atoms with van der Waals surface area (Å²) in [6, 6.07) is 3.17. The highest BCUT2D eigenvalue weighted by molar-refractivity contribution is 5.90. The van der Waals surface area contributed by atoms with Crippen molar-refractivity contribution >= 4 is 5.97 Å². The first-order valence-electron chi connectivity index (χ1n) is 7.34. The minimum absolute atomic E-state index is 0.0618. The van der Waals surface area contributed by atoms with Crippen molar-refractivity contribution in [2.75, 3.05) is 0 Å². The Morgan fingerprint density at radius 3 is 2.85 bits per heavy atom. The number of hydrogen-bond donors (Lipinski definition) is 1. The number of carboxylic acid groups (broad SMARTS) is 1. The summed E-state index contributed by atoms with van der Waals surface area (Å²) in [5.41, 5.74) is 0.147. The average Bonchev–Trinajstić information content (AvgIpc) is 2.38. The van der Waals surface area contributed by atoms with Crippen LogP contribution in [-0.2, 0) is 0 Å². The van der Waals surface area contributed by atoms with E-state index in [0.717, 1.165) is 12.8 Å². The number of carboxylic acids is 1. The Morgan fingerprint density at radius 2 is 2.20 bits per heavy atom. The van der Waals surface area contributed by atoms with Crippen LogP contribution in [0.4, 0.5) is 0 Å². The first-order chi connectivity index (χ1) is 9.49. The normalized spacial score (nSPS) is 26.5. The van der Waals surface area contributed by atoms with E-state index >= 15 is 0 Å². The third kappa shape index (κ3) is 3.30. The van der Waals surface area contributed by atoms with Gasteiger partial charge >= 0.3 is 5.97 Å². The molecule has 110 valence electrons. The van der Waals surface area contributed by atoms with Crippen LogP contribution in [0.2, 0.25) is 0 Å². The van der Waals surface area contributed by atoms with Crippen molar-refractivity contribution in [3.8, 4) is 5.88 Å². The van der Waals surface area contributed by atoms with Gasteiger partial charge in [-0.05, 0) is 42.7 Å². The van der Waals surface area contributed by atoms with Crippen molar-refractivity contribution in [1.82, 2.24) is 4.98 Å². The zero-order valence-electron chi connectivity index (χ0n) is 12.4. The SMILES string of the molecule is CC1CCC(C(C)C)C(Oc2ncccc2C(=O)O)C1. The lowest BCUT2D eigenvalue weighted by Gasteiger charge is -2.37. The van der Waals surface area contributed by atoms with E-state index in [9.17, 15) is 9.90 Å². The molecule has 1 aromatic heterocycles. The number of aromatic nitrogens is 1. The lowest BCUT2D eigenvalue weighted by Crippen LogP contribution is -2.36. The Bertz CT molecular complexity index is 473. The monoisotopic (exact) mass is 277 g/mol. The second-order valence-electron chi connectivity index (χ2n) is 6.14. The van der Waals surface area contributed by atoms with Crippen molar-refractivity contribution in [3.05, 3.63) is 23.9 Å². The number of nitrogens with zero attached hydrogens (tertiary/aromatic N) is 1. The predicted octanol–water partition coefficient (Wildman–Crippen LogP) is 3.62. The summed E-state index contributed by atoms with van der Waals surface area (Å²) in [5.74, 6) is 0.883. The summed E-state index contributed by atoms with van der Waals surface area (Å²) in [7, 11) is 0. The molecule has 0 aromatic carbocycles. The van der Waals surface area contributed by atoms with Gasteiger partial charge in [0.15, 0.2) is 0 Å². The maximum Gasteiger partial charge on any atom is 0.341 e. The number of pyridine rings is 1. The molecular formula is C16H23NO3. The molecule has 1 saturated carbocycles. The minimum atomic E-state index is -0.988. The van der Waals surface area contributed by atoms with Gasteiger partial charge in [-0.15, -0.1) is 0 Å². The molecule has 1 aliphatic rings. The molecule has 1 aromatic rings. The molecule has 20 heavy (non-hydrogen) atoms. The molecule has 0 aliphatic heterocycles. The Kier molecular flexibility index (Phi) is 4.63. The standard InChI is InChI=1S/C16H23NO3/c1-10(2)12-7-6-11(3)9-14(12)20-15-13(16(18)19)5-4-8-17-15/h4-5,8,10-12,14H,6-7,9H2,1-3H3,(H,18,19). The van der Waals surface area contributed by atoms with Gasteiger partial charge in [0.2, 0.25) is 5.88 Å². The van der Waals surface area contributed by atoms with E-state index in [4.69, 9.17) is 4.74 Å². The summed E-state index contributed by atoms with van der Waals surface area (Å²) in [5, 5.41) is 9.20. The van der Waals surface area contributed by atoms with Gasteiger partial charge in [0, 0.05) is 6.20 Å². The first-order valence-corrected chi connectivity index (χ1v) is 7.34. The van der Waals surface area contributed by atoms with Crippen molar-refractivity contribution in [2.45, 2.75) is 46.1 Å². The fourth-order valence-corrected chi connectivity index (χ4v) is 3.04. The van der Waals surface area contributed by atoms with E-state index in [1.807, 2.05) is 0 Å². The summed E-state index contributed by atoms with van der Waals surface area (Å²) in [4.78, 5) is 15.3. The molecule has 0 saturated heterocycles. The van der Waals surface area contributed by atoms with Crippen LogP contribution < -0.4 is 4.74 Å². The van der Waals surface area contributed by atoms with Crippen LogP contribution in [0, 0.1) is 17.8 Å². The molecule has 0 radical (unpaired) electrons. The van der Waals surface area contributed by atoms with Crippen LogP contribution in [0.5, 0.6) is 5.88 Å². The summed E-state index contributed by atoms with van der Waals surface area (Å²) >= 11 is 0. The summed E-state index contributed by atoms with van der Waals surface area (Å²) < 4.78 is 6.00. The summed E-state index contributed by atoms with van der Waals surface area (Å²) in [6.07, 6.45) is 4.97. The van der Waals surface area contributed by atoms with Crippen LogP contribution in [-0.4, -0.2) is 22.2 Å². The van der Waals surface area contributed by atoms with Crippen molar-refractivity contribution in [1.29, 1.82) is 0 Å². The number of ether oxygens (including phenoxy) is 1. The molecule has 4 nitrogen and oxygen atoms in total. The van der Waals surface area contributed by atoms with Gasteiger partial charge in [-0.25, -0.2) is 9.78 Å². The van der Waals surface area contributed by atoms with Crippen molar-refractivity contribution in [3.63, 3.8) is 0 Å². The highest BCUT2D eigenvalue weighted by Crippen LogP contribution is 2.36. The molecule has 0 bridgehead atoms. The molecule has 1 fully saturated rings. The van der Waals surface area contributed by atoms with E-state index in [1.165, 1.54) is 6.42 Å². The molecular weight excluding hydrogens is 254 g/mol. The van der Waals surface area contributed by atoms with Crippen molar-refractivity contribution in [2.24, 2.45) is 17.8 Å². The molecule has 0 spiro atoms. The van der Waals surface area contributed by atoms with E-state index < -0.39 is 5.97 Å². The van der Waals surface area contributed by atoms with E-state index in [1.54, 1.807) is 18.3 Å². The lowest BCUT2D eigenvalue weighted by atomic mass is 9.75. The molecule has 1 aliphatic carbocycles. The molecule has 2 rings (SSSR count). The summed E-state index contributed by atoms with van der Waals surface area (Å²) in [6.45, 7) is 6.63. The number of carbonyl (C=O) groups is 1. The molecule has 3 unspecified atom stereocenters. The number of hydrogen-bond acceptors (Lipinski definition) is 3. The number of aromatic carboxylic acids is 1. The van der Waals surface area contributed by atoms with Crippen LogP contribution in [0.1, 0.15) is 50.4 Å². The van der Waals surface area contributed by atoms with Crippen LogP contribution in [0.25, 0.3) is 0 Å². The molecule has 1 heterocycles. The smallest absolute Gasteiger partial charge is 0.341 e. The van der Waals surface area contributed by atoms with E-state index in [0.29, 0.717) is 17.8 Å². The molecule has 3 atom stereocenters. The van der Waals surface area contributed by atoms with Crippen LogP contribution in [0.15, 0.2) is 18.3 Å². The largest absolute Gasteiger partial charge is 0.477 e. The van der Waals surface area contributed by atoms with Gasteiger partial charge in [-0.3, -0.25) is 0 Å². The average molecular weight is 277 g/mol. The van der Waals surface area contributed by atoms with E-state index in [2.05, 4.69) is 25.8 Å². The number of rotatable bonds is 4. The quantitative estimate of drug-likeness (QED) is 0.913. The molecule has 0 amide bonds. The van der Waals surface area contributed by atoms with E-state index in [-0.39, 0.29) is 17.5 Å². The predicted molar refractivity (Wildman–Crippen MR) is 77.0 cm³/mol. The topological polar surface area (TPSA) is 59.4 Å². The minimum Gasteiger partial charge on any atom is -0.477 e. The zero-order valence-corrected chi connectivity index (χ0v) is 12.4. The van der Waals surface area contributed by atoms with Gasteiger partial charge in [-0.2, -0.15) is 0 Å². The first kappa shape index (κ1) is 14.8. The third-order valence-corrected chi connectivity index (χ3v) is 4.23. The Hall–Kier alpha value is -1.58. The van der Waals surface area contributed by atoms with Crippen molar-refractivity contribution < 1.29 is 14.6 Å². The Morgan fingerprint density at radius 1 is 1.45 bits per heavy atom. The van der Waals surface area contributed by atoms with Crippen LogP contribution >= 0.6 is 0 Å². The second-order valence-corrected chi connectivity index (χ2v) is 6.14. The fourth-order valence-electron chi connectivity index (χ4n) is 3.04. The molecule has 1 N–H and O–H groups in total. The van der Waals surface area contributed by atoms with Crippen LogP contribution in [0.3, 0.4) is 0 Å².